The third kappa shape index (κ3) is 7.46. The van der Waals surface area contributed by atoms with E-state index in [-0.39, 0.29) is 5.56 Å². The lowest BCUT2D eigenvalue weighted by molar-refractivity contribution is -0.385. The monoisotopic (exact) mass is 496 g/mol. The quantitative estimate of drug-likeness (QED) is 0.226. The molecule has 1 fully saturated rings. The number of hydrogen-bond acceptors (Lipinski definition) is 12. The summed E-state index contributed by atoms with van der Waals surface area (Å²) < 4.78 is 26.3. The van der Waals surface area contributed by atoms with Crippen LogP contribution in [0.1, 0.15) is 38.1 Å². The van der Waals surface area contributed by atoms with E-state index in [1.807, 2.05) is 0 Å². The Bertz CT molecular complexity index is 1010. The molecular formula is C21H24N2O12. The number of hydrogen-bond donors (Lipinski definition) is 1. The molecule has 0 spiro atoms. The maximum Gasteiger partial charge on any atom is 0.305 e. The summed E-state index contributed by atoms with van der Waals surface area (Å²) in [6, 6.07) is 3.57. The molecule has 0 bridgehead atoms. The Morgan fingerprint density at radius 2 is 1.49 bits per heavy atom. The fourth-order valence-corrected chi connectivity index (χ4v) is 3.37. The van der Waals surface area contributed by atoms with Gasteiger partial charge >= 0.3 is 23.9 Å². The molecule has 190 valence electrons. The van der Waals surface area contributed by atoms with Gasteiger partial charge in [-0.2, -0.15) is 0 Å². The summed E-state index contributed by atoms with van der Waals surface area (Å²) in [4.78, 5) is 70.3. The number of carbonyl (C=O) groups excluding carboxylic acids is 5. The molecule has 1 aliphatic heterocycles. The minimum atomic E-state index is -1.61. The second-order valence-electron chi connectivity index (χ2n) is 7.38. The van der Waals surface area contributed by atoms with Crippen molar-refractivity contribution in [1.82, 2.24) is 5.32 Å². The van der Waals surface area contributed by atoms with Crippen LogP contribution in [0.25, 0.3) is 0 Å². The fraction of sp³-hybridized carbons (Fsp3) is 0.476. The van der Waals surface area contributed by atoms with Crippen molar-refractivity contribution in [3.63, 3.8) is 0 Å². The van der Waals surface area contributed by atoms with E-state index in [0.717, 1.165) is 33.8 Å². The number of benzene rings is 1. The smallest absolute Gasteiger partial charge is 0.305 e. The van der Waals surface area contributed by atoms with Crippen molar-refractivity contribution in [1.29, 1.82) is 0 Å². The summed E-state index contributed by atoms with van der Waals surface area (Å²) in [6.07, 6.45) is -5.80. The molecule has 14 nitrogen and oxygen atoms in total. The van der Waals surface area contributed by atoms with E-state index in [4.69, 9.17) is 23.7 Å². The van der Waals surface area contributed by atoms with Crippen molar-refractivity contribution in [2.75, 3.05) is 6.61 Å². The summed E-state index contributed by atoms with van der Waals surface area (Å²) >= 11 is 0. The topological polar surface area (TPSA) is 187 Å². The molecule has 1 heterocycles. The highest BCUT2D eigenvalue weighted by Gasteiger charge is 2.52. The fourth-order valence-electron chi connectivity index (χ4n) is 3.37. The first-order valence-electron chi connectivity index (χ1n) is 10.3. The molecule has 0 aromatic heterocycles. The van der Waals surface area contributed by atoms with Gasteiger partial charge in [0.2, 0.25) is 6.29 Å². The van der Waals surface area contributed by atoms with Crippen LogP contribution in [0, 0.1) is 10.1 Å². The molecule has 0 saturated carbocycles. The van der Waals surface area contributed by atoms with E-state index in [2.05, 4.69) is 5.32 Å². The van der Waals surface area contributed by atoms with Gasteiger partial charge in [-0.1, -0.05) is 12.1 Å². The zero-order valence-corrected chi connectivity index (χ0v) is 19.2. The van der Waals surface area contributed by atoms with Gasteiger partial charge in [-0.25, -0.2) is 0 Å². The number of ether oxygens (including phenoxy) is 5. The standard InChI is InChI=1S/C21H24N2O12/c1-10(24)31-9-16-18(32-11(2)25)19(33-12(3)26)17(21(35-16)34-13(4)27)22-20(28)14-7-5-6-8-15(14)23(29)30/h5-8,16-19,21H,9H2,1-4H3,(H,22,28)/t16-,17+,18-,19+,21-/m0/s1. The average molecular weight is 496 g/mol. The van der Waals surface area contributed by atoms with Crippen LogP contribution in [-0.2, 0) is 42.9 Å². The Hall–Kier alpha value is -4.07. The van der Waals surface area contributed by atoms with E-state index in [0.29, 0.717) is 0 Å². The largest absolute Gasteiger partial charge is 0.463 e. The number of nitro groups is 1. The highest BCUT2D eigenvalue weighted by Crippen LogP contribution is 2.29. The number of nitrogens with one attached hydrogen (secondary N) is 1. The second-order valence-corrected chi connectivity index (χ2v) is 7.38. The SMILES string of the molecule is CC(=O)OC[C@@H]1O[C@H](OC(C)=O)[C@H](NC(=O)c2ccccc2[N+](=O)[O-])[C@@H](OC(C)=O)[C@H]1OC(C)=O. The van der Waals surface area contributed by atoms with Crippen LogP contribution in [0.2, 0.25) is 0 Å². The number of amides is 1. The summed E-state index contributed by atoms with van der Waals surface area (Å²) in [7, 11) is 0. The Kier molecular flexibility index (Phi) is 9.22. The van der Waals surface area contributed by atoms with Crippen molar-refractivity contribution in [3.8, 4) is 0 Å². The summed E-state index contributed by atoms with van der Waals surface area (Å²) in [6.45, 7) is 3.79. The lowest BCUT2D eigenvalue weighted by Crippen LogP contribution is -2.67. The first-order valence-corrected chi connectivity index (χ1v) is 10.3. The van der Waals surface area contributed by atoms with Gasteiger partial charge < -0.3 is 29.0 Å². The molecule has 5 atom stereocenters. The van der Waals surface area contributed by atoms with Crippen LogP contribution in [-0.4, -0.2) is 72.0 Å². The Morgan fingerprint density at radius 3 is 2.03 bits per heavy atom. The van der Waals surface area contributed by atoms with Gasteiger partial charge in [0.15, 0.2) is 12.2 Å². The van der Waals surface area contributed by atoms with Gasteiger partial charge in [0.05, 0.1) is 4.92 Å². The molecule has 1 aliphatic rings. The molecule has 1 aromatic rings. The molecule has 1 aromatic carbocycles. The number of rotatable bonds is 8. The molecular weight excluding hydrogens is 472 g/mol. The summed E-state index contributed by atoms with van der Waals surface area (Å²) in [5.41, 5.74) is -0.856. The number of nitrogens with zero attached hydrogens (tertiary/aromatic N) is 1. The van der Waals surface area contributed by atoms with Crippen LogP contribution in [0.3, 0.4) is 0 Å². The van der Waals surface area contributed by atoms with Crippen LogP contribution in [0.5, 0.6) is 0 Å². The maximum atomic E-state index is 13.0. The predicted molar refractivity (Wildman–Crippen MR) is 113 cm³/mol. The normalized spacial score (nSPS) is 23.4. The Labute approximate surface area is 198 Å². The number of para-hydroxylation sites is 1. The van der Waals surface area contributed by atoms with E-state index < -0.39 is 77.6 Å². The maximum absolute atomic E-state index is 13.0. The number of carbonyl (C=O) groups is 5. The number of esters is 4. The summed E-state index contributed by atoms with van der Waals surface area (Å²) in [5.74, 6) is -4.21. The van der Waals surface area contributed by atoms with Crippen LogP contribution < -0.4 is 5.32 Å². The van der Waals surface area contributed by atoms with Crippen molar-refractivity contribution < 1.29 is 52.6 Å². The third-order valence-corrected chi connectivity index (χ3v) is 4.63. The van der Waals surface area contributed by atoms with Gasteiger partial charge in [-0.3, -0.25) is 34.1 Å². The highest BCUT2D eigenvalue weighted by molar-refractivity contribution is 5.98. The van der Waals surface area contributed by atoms with Crippen molar-refractivity contribution in [2.24, 2.45) is 0 Å². The highest BCUT2D eigenvalue weighted by atomic mass is 16.7. The van der Waals surface area contributed by atoms with E-state index in [9.17, 15) is 34.1 Å². The van der Waals surface area contributed by atoms with E-state index in [1.54, 1.807) is 0 Å². The Balaban J connectivity index is 2.51. The molecule has 35 heavy (non-hydrogen) atoms. The van der Waals surface area contributed by atoms with E-state index >= 15 is 0 Å². The van der Waals surface area contributed by atoms with Gasteiger partial charge in [-0.05, 0) is 6.07 Å². The van der Waals surface area contributed by atoms with Gasteiger partial charge in [0.1, 0.15) is 24.3 Å². The molecule has 0 aliphatic carbocycles. The molecule has 1 saturated heterocycles. The van der Waals surface area contributed by atoms with Crippen molar-refractivity contribution in [2.45, 2.75) is 58.3 Å². The van der Waals surface area contributed by atoms with Crippen molar-refractivity contribution in [3.05, 3.63) is 39.9 Å². The average Bonchev–Trinajstić information content (AvgIpc) is 2.75. The van der Waals surface area contributed by atoms with Gasteiger partial charge in [0.25, 0.3) is 11.6 Å². The minimum absolute atomic E-state index is 0.341. The van der Waals surface area contributed by atoms with Gasteiger partial charge in [0, 0.05) is 33.8 Å². The predicted octanol–water partition coefficient (Wildman–Crippen LogP) is 0.408. The van der Waals surface area contributed by atoms with Crippen LogP contribution in [0.15, 0.2) is 24.3 Å². The molecule has 14 heteroatoms. The first kappa shape index (κ1) is 27.2. The van der Waals surface area contributed by atoms with E-state index in [1.165, 1.54) is 18.2 Å². The molecule has 0 radical (unpaired) electrons. The lowest BCUT2D eigenvalue weighted by Gasteiger charge is -2.44. The molecule has 2 rings (SSSR count). The third-order valence-electron chi connectivity index (χ3n) is 4.63. The second kappa shape index (κ2) is 11.9. The van der Waals surface area contributed by atoms with Crippen LogP contribution in [0.4, 0.5) is 5.69 Å². The first-order chi connectivity index (χ1) is 16.4. The summed E-state index contributed by atoms with van der Waals surface area (Å²) in [5, 5.41) is 13.8. The minimum Gasteiger partial charge on any atom is -0.463 e. The van der Waals surface area contributed by atoms with Crippen molar-refractivity contribution >= 4 is 35.5 Å². The van der Waals surface area contributed by atoms with Gasteiger partial charge in [-0.15, -0.1) is 0 Å². The number of nitro benzene ring substituents is 1. The van der Waals surface area contributed by atoms with Crippen LogP contribution >= 0.6 is 0 Å². The zero-order chi connectivity index (χ0) is 26.3. The zero-order valence-electron chi connectivity index (χ0n) is 19.2. The molecule has 0 unspecified atom stereocenters. The lowest BCUT2D eigenvalue weighted by atomic mass is 9.95. The molecule has 1 amide bonds. The molecule has 1 N–H and O–H groups in total. The Morgan fingerprint density at radius 1 is 0.914 bits per heavy atom.